The summed E-state index contributed by atoms with van der Waals surface area (Å²) < 4.78 is 1.87. The Morgan fingerprint density at radius 3 is 2.54 bits per heavy atom. The molecule has 0 radical (unpaired) electrons. The monoisotopic (exact) mass is 372 g/mol. The zero-order valence-electron chi connectivity index (χ0n) is 16.7. The minimum absolute atomic E-state index is 0.139. The molecule has 3 rings (SSSR count). The lowest BCUT2D eigenvalue weighted by molar-refractivity contribution is 0.0569. The standard InChI is InChI=1S/C21H32N4S/c1-7-25-16(2)17(13-22-25)14-24(15-19-9-8-10-26-19)18-11-20(3,4)23-21(5,6)12-18/h7-10,13,18,23H,1,11-12,14-15H2,2-6H3. The van der Waals surface area contributed by atoms with Gasteiger partial charge < -0.3 is 5.32 Å². The molecule has 0 spiro atoms. The molecule has 0 aliphatic carbocycles. The summed E-state index contributed by atoms with van der Waals surface area (Å²) in [6.45, 7) is 17.2. The second-order valence-electron chi connectivity index (χ2n) is 8.82. The minimum atomic E-state index is 0.139. The molecule has 1 aliphatic heterocycles. The summed E-state index contributed by atoms with van der Waals surface area (Å²) in [4.78, 5) is 4.07. The molecule has 1 saturated heterocycles. The molecule has 1 aliphatic rings. The van der Waals surface area contributed by atoms with Crippen LogP contribution >= 0.6 is 11.3 Å². The Bertz CT molecular complexity index is 726. The highest BCUT2D eigenvalue weighted by molar-refractivity contribution is 7.09. The Balaban J connectivity index is 1.87. The van der Waals surface area contributed by atoms with Gasteiger partial charge in [-0.05, 0) is 58.9 Å². The number of piperidine rings is 1. The van der Waals surface area contributed by atoms with Crippen molar-refractivity contribution in [3.63, 3.8) is 0 Å². The smallest absolute Gasteiger partial charge is 0.0541 e. The van der Waals surface area contributed by atoms with Gasteiger partial charge in [-0.3, -0.25) is 4.90 Å². The van der Waals surface area contributed by atoms with E-state index in [9.17, 15) is 0 Å². The second kappa shape index (κ2) is 7.29. The molecule has 0 atom stereocenters. The first-order chi connectivity index (χ1) is 12.2. The quantitative estimate of drug-likeness (QED) is 0.800. The third-order valence-corrected chi connectivity index (χ3v) is 6.18. The van der Waals surface area contributed by atoms with Gasteiger partial charge in [0.05, 0.1) is 6.20 Å². The van der Waals surface area contributed by atoms with E-state index in [0.29, 0.717) is 6.04 Å². The van der Waals surface area contributed by atoms with Crippen LogP contribution in [0.4, 0.5) is 0 Å². The molecule has 3 heterocycles. The molecule has 2 aromatic rings. The van der Waals surface area contributed by atoms with Gasteiger partial charge in [-0.15, -0.1) is 11.3 Å². The maximum atomic E-state index is 4.45. The van der Waals surface area contributed by atoms with Gasteiger partial charge in [0, 0.05) is 52.5 Å². The number of hydrogen-bond donors (Lipinski definition) is 1. The van der Waals surface area contributed by atoms with E-state index in [1.165, 1.54) is 16.1 Å². The highest BCUT2D eigenvalue weighted by Gasteiger charge is 2.40. The number of hydrogen-bond acceptors (Lipinski definition) is 4. The SMILES string of the molecule is C=Cn1ncc(CN(Cc2cccs2)C2CC(C)(C)NC(C)(C)C2)c1C. The maximum Gasteiger partial charge on any atom is 0.0541 e. The molecule has 26 heavy (non-hydrogen) atoms. The number of nitrogens with one attached hydrogen (secondary N) is 1. The Labute approximate surface area is 161 Å². The van der Waals surface area contributed by atoms with Gasteiger partial charge in [0.1, 0.15) is 0 Å². The summed E-state index contributed by atoms with van der Waals surface area (Å²) in [7, 11) is 0. The third kappa shape index (κ3) is 4.45. The van der Waals surface area contributed by atoms with Gasteiger partial charge in [0.25, 0.3) is 0 Å². The van der Waals surface area contributed by atoms with Gasteiger partial charge in [0.15, 0.2) is 0 Å². The van der Waals surface area contributed by atoms with Crippen LogP contribution in [0.1, 0.15) is 56.7 Å². The predicted octanol–water partition coefficient (Wildman–Crippen LogP) is 4.66. The molecule has 0 aromatic carbocycles. The van der Waals surface area contributed by atoms with E-state index in [1.54, 1.807) is 6.20 Å². The lowest BCUT2D eigenvalue weighted by Crippen LogP contribution is -2.62. The predicted molar refractivity (Wildman–Crippen MR) is 111 cm³/mol. The zero-order chi connectivity index (χ0) is 18.9. The molecular weight excluding hydrogens is 340 g/mol. The normalized spacial score (nSPS) is 19.8. The van der Waals surface area contributed by atoms with Crippen LogP contribution in [0.25, 0.3) is 6.20 Å². The van der Waals surface area contributed by atoms with E-state index in [0.717, 1.165) is 25.9 Å². The van der Waals surface area contributed by atoms with Crippen LogP contribution in [0.2, 0.25) is 0 Å². The molecule has 4 nitrogen and oxygen atoms in total. The summed E-state index contributed by atoms with van der Waals surface area (Å²) in [5.41, 5.74) is 2.75. The van der Waals surface area contributed by atoms with E-state index in [4.69, 9.17) is 0 Å². The largest absolute Gasteiger partial charge is 0.307 e. The van der Waals surface area contributed by atoms with Crippen molar-refractivity contribution in [2.75, 3.05) is 0 Å². The van der Waals surface area contributed by atoms with E-state index in [1.807, 2.05) is 22.2 Å². The highest BCUT2D eigenvalue weighted by Crippen LogP contribution is 2.33. The van der Waals surface area contributed by atoms with Crippen molar-refractivity contribution in [3.05, 3.63) is 46.4 Å². The van der Waals surface area contributed by atoms with Gasteiger partial charge in [-0.1, -0.05) is 12.6 Å². The Kier molecular flexibility index (Phi) is 5.42. The number of aromatic nitrogens is 2. The molecular formula is C21H32N4S. The van der Waals surface area contributed by atoms with Crippen LogP contribution in [0, 0.1) is 6.92 Å². The van der Waals surface area contributed by atoms with E-state index >= 15 is 0 Å². The molecule has 0 bridgehead atoms. The lowest BCUT2D eigenvalue weighted by atomic mass is 9.79. The zero-order valence-corrected chi connectivity index (χ0v) is 17.6. The van der Waals surface area contributed by atoms with Gasteiger partial charge in [-0.25, -0.2) is 4.68 Å². The van der Waals surface area contributed by atoms with Crippen molar-refractivity contribution in [1.82, 2.24) is 20.0 Å². The summed E-state index contributed by atoms with van der Waals surface area (Å²) in [5.74, 6) is 0. The van der Waals surface area contributed by atoms with Crippen molar-refractivity contribution in [1.29, 1.82) is 0 Å². The van der Waals surface area contributed by atoms with Crippen LogP contribution in [0.15, 0.2) is 30.3 Å². The fourth-order valence-electron chi connectivity index (χ4n) is 4.46. The summed E-state index contributed by atoms with van der Waals surface area (Å²) >= 11 is 1.85. The fourth-order valence-corrected chi connectivity index (χ4v) is 5.19. The van der Waals surface area contributed by atoms with Crippen molar-refractivity contribution in [3.8, 4) is 0 Å². The van der Waals surface area contributed by atoms with Crippen molar-refractivity contribution in [2.45, 2.75) is 77.7 Å². The molecule has 0 saturated carbocycles. The van der Waals surface area contributed by atoms with Gasteiger partial charge in [0.2, 0.25) is 0 Å². The van der Waals surface area contributed by atoms with Gasteiger partial charge >= 0.3 is 0 Å². The molecule has 142 valence electrons. The molecule has 0 amide bonds. The summed E-state index contributed by atoms with van der Waals surface area (Å²) in [6, 6.07) is 4.93. The Morgan fingerprint density at radius 2 is 2.00 bits per heavy atom. The molecule has 1 N–H and O–H groups in total. The van der Waals surface area contributed by atoms with Gasteiger partial charge in [-0.2, -0.15) is 5.10 Å². The van der Waals surface area contributed by atoms with Crippen molar-refractivity contribution in [2.24, 2.45) is 0 Å². The van der Waals surface area contributed by atoms with Crippen molar-refractivity contribution < 1.29 is 0 Å². The van der Waals surface area contributed by atoms with Crippen LogP contribution in [0.5, 0.6) is 0 Å². The van der Waals surface area contributed by atoms with Crippen LogP contribution < -0.4 is 5.32 Å². The molecule has 0 unspecified atom stereocenters. The molecule has 1 fully saturated rings. The summed E-state index contributed by atoms with van der Waals surface area (Å²) in [6.07, 6.45) is 6.07. The van der Waals surface area contributed by atoms with Crippen LogP contribution in [-0.2, 0) is 13.1 Å². The van der Waals surface area contributed by atoms with Crippen molar-refractivity contribution >= 4 is 17.5 Å². The number of nitrogens with zero attached hydrogens (tertiary/aromatic N) is 3. The van der Waals surface area contributed by atoms with Crippen LogP contribution in [0.3, 0.4) is 0 Å². The average molecular weight is 373 g/mol. The van der Waals surface area contributed by atoms with E-state index in [2.05, 4.69) is 74.0 Å². The Hall–Kier alpha value is -1.43. The number of thiophene rings is 1. The highest BCUT2D eigenvalue weighted by atomic mass is 32.1. The first-order valence-electron chi connectivity index (χ1n) is 9.40. The molecule has 5 heteroatoms. The maximum absolute atomic E-state index is 4.45. The minimum Gasteiger partial charge on any atom is -0.307 e. The molecule has 2 aromatic heterocycles. The Morgan fingerprint density at radius 1 is 1.31 bits per heavy atom. The summed E-state index contributed by atoms with van der Waals surface area (Å²) in [5, 5.41) is 10.4. The first-order valence-corrected chi connectivity index (χ1v) is 10.3. The first kappa shape index (κ1) is 19.3. The van der Waals surface area contributed by atoms with E-state index in [-0.39, 0.29) is 11.1 Å². The second-order valence-corrected chi connectivity index (χ2v) is 9.85. The average Bonchev–Trinajstić information content (AvgIpc) is 3.14. The van der Waals surface area contributed by atoms with E-state index < -0.39 is 0 Å². The lowest BCUT2D eigenvalue weighted by Gasteiger charge is -2.49. The third-order valence-electron chi connectivity index (χ3n) is 5.32. The fraction of sp³-hybridized carbons (Fsp3) is 0.571. The number of rotatable bonds is 6. The topological polar surface area (TPSA) is 33.1 Å². The van der Waals surface area contributed by atoms with Crippen LogP contribution in [-0.4, -0.2) is 31.8 Å².